The lowest BCUT2D eigenvalue weighted by molar-refractivity contribution is -0.140. The number of anilines is 1. The predicted octanol–water partition coefficient (Wildman–Crippen LogP) is 2.00. The van der Waals surface area contributed by atoms with Crippen molar-refractivity contribution >= 4 is 46.9 Å². The van der Waals surface area contributed by atoms with E-state index in [-0.39, 0.29) is 15.7 Å². The van der Waals surface area contributed by atoms with Crippen molar-refractivity contribution in [3.63, 3.8) is 0 Å². The van der Waals surface area contributed by atoms with Gasteiger partial charge in [0.1, 0.15) is 13.1 Å². The average molecular weight is 321 g/mol. The average Bonchev–Trinajstić information content (AvgIpc) is 2.24. The Kier molecular flexibility index (Phi) is 5.60. The number of amides is 2. The lowest BCUT2D eigenvalue weighted by Crippen LogP contribution is -2.41. The minimum absolute atomic E-state index is 0.230. The molecule has 0 atom stereocenters. The van der Waals surface area contributed by atoms with Crippen molar-refractivity contribution in [3.05, 3.63) is 28.2 Å². The summed E-state index contributed by atoms with van der Waals surface area (Å²) in [5.74, 6) is -2.66. The van der Waals surface area contributed by atoms with E-state index in [1.807, 2.05) is 0 Å². The molecule has 0 spiro atoms. The topological polar surface area (TPSA) is 107 Å². The summed E-state index contributed by atoms with van der Waals surface area (Å²) in [7, 11) is 0. The number of carboxylic acid groups (broad SMARTS) is 2. The number of rotatable bonds is 5. The van der Waals surface area contributed by atoms with Crippen molar-refractivity contribution in [2.24, 2.45) is 0 Å². The molecule has 0 bridgehead atoms. The lowest BCUT2D eigenvalue weighted by Gasteiger charge is -2.19. The summed E-state index contributed by atoms with van der Waals surface area (Å²) in [4.78, 5) is 33.6. The first-order valence-corrected chi connectivity index (χ1v) is 5.99. The SMILES string of the molecule is O=C(O)CN(CC(=O)O)C(=O)Nc1cc(Cl)cc(Cl)c1. The highest BCUT2D eigenvalue weighted by molar-refractivity contribution is 6.35. The van der Waals surface area contributed by atoms with Crippen molar-refractivity contribution < 1.29 is 24.6 Å². The van der Waals surface area contributed by atoms with Crippen LogP contribution in [0.25, 0.3) is 0 Å². The van der Waals surface area contributed by atoms with E-state index < -0.39 is 31.1 Å². The number of urea groups is 1. The smallest absolute Gasteiger partial charge is 0.323 e. The Hall–Kier alpha value is -1.99. The second kappa shape index (κ2) is 6.97. The third-order valence-electron chi connectivity index (χ3n) is 2.05. The molecule has 0 saturated heterocycles. The third kappa shape index (κ3) is 5.33. The van der Waals surface area contributed by atoms with Gasteiger partial charge in [0.15, 0.2) is 0 Å². The normalized spacial score (nSPS) is 9.90. The van der Waals surface area contributed by atoms with Gasteiger partial charge in [0.25, 0.3) is 0 Å². The Morgan fingerprint density at radius 1 is 1.00 bits per heavy atom. The Balaban J connectivity index is 2.83. The predicted molar refractivity (Wildman–Crippen MR) is 72.3 cm³/mol. The van der Waals surface area contributed by atoms with Crippen molar-refractivity contribution in [1.29, 1.82) is 0 Å². The molecule has 0 aliphatic rings. The molecular weight excluding hydrogens is 311 g/mol. The van der Waals surface area contributed by atoms with E-state index in [2.05, 4.69) is 5.32 Å². The molecule has 0 fully saturated rings. The highest BCUT2D eigenvalue weighted by Crippen LogP contribution is 2.22. The Labute approximate surface area is 123 Å². The highest BCUT2D eigenvalue weighted by Gasteiger charge is 2.19. The molecule has 0 aromatic heterocycles. The van der Waals surface area contributed by atoms with E-state index in [1.165, 1.54) is 18.2 Å². The molecule has 2 amide bonds. The summed E-state index contributed by atoms with van der Waals surface area (Å²) < 4.78 is 0. The van der Waals surface area contributed by atoms with Gasteiger partial charge in [0, 0.05) is 15.7 Å². The number of carbonyl (C=O) groups excluding carboxylic acids is 1. The third-order valence-corrected chi connectivity index (χ3v) is 2.49. The van der Waals surface area contributed by atoms with E-state index >= 15 is 0 Å². The monoisotopic (exact) mass is 320 g/mol. The Morgan fingerprint density at radius 2 is 1.45 bits per heavy atom. The maximum Gasteiger partial charge on any atom is 0.323 e. The fraction of sp³-hybridized carbons (Fsp3) is 0.182. The zero-order chi connectivity index (χ0) is 15.3. The fourth-order valence-corrected chi connectivity index (χ4v) is 1.88. The molecule has 108 valence electrons. The number of nitrogens with one attached hydrogen (secondary N) is 1. The number of nitrogens with zero attached hydrogens (tertiary/aromatic N) is 1. The van der Waals surface area contributed by atoms with Gasteiger partial charge in [-0.05, 0) is 18.2 Å². The van der Waals surface area contributed by atoms with E-state index in [0.29, 0.717) is 4.90 Å². The van der Waals surface area contributed by atoms with Crippen LogP contribution in [0.4, 0.5) is 10.5 Å². The zero-order valence-electron chi connectivity index (χ0n) is 9.97. The molecule has 0 aliphatic heterocycles. The standard InChI is InChI=1S/C11H10Cl2N2O5/c12-6-1-7(13)3-8(2-6)14-11(20)15(4-9(16)17)5-10(18)19/h1-3H,4-5H2,(H,14,20)(H,16,17)(H,18,19). The molecule has 0 aliphatic carbocycles. The van der Waals surface area contributed by atoms with Crippen LogP contribution in [0.15, 0.2) is 18.2 Å². The van der Waals surface area contributed by atoms with Crippen molar-refractivity contribution in [1.82, 2.24) is 4.90 Å². The van der Waals surface area contributed by atoms with Crippen LogP contribution in [0, 0.1) is 0 Å². The van der Waals surface area contributed by atoms with Crippen molar-refractivity contribution in [2.45, 2.75) is 0 Å². The van der Waals surface area contributed by atoms with Crippen molar-refractivity contribution in [3.8, 4) is 0 Å². The van der Waals surface area contributed by atoms with Crippen LogP contribution in [-0.2, 0) is 9.59 Å². The second-order valence-electron chi connectivity index (χ2n) is 3.73. The molecule has 7 nitrogen and oxygen atoms in total. The van der Waals surface area contributed by atoms with Gasteiger partial charge in [0.2, 0.25) is 0 Å². The van der Waals surface area contributed by atoms with Crippen LogP contribution in [0.5, 0.6) is 0 Å². The van der Waals surface area contributed by atoms with Gasteiger partial charge in [-0.1, -0.05) is 23.2 Å². The molecule has 1 aromatic rings. The summed E-state index contributed by atoms with van der Waals surface area (Å²) in [6.45, 7) is -1.49. The highest BCUT2D eigenvalue weighted by atomic mass is 35.5. The molecule has 1 aromatic carbocycles. The largest absolute Gasteiger partial charge is 0.480 e. The van der Waals surface area contributed by atoms with E-state index in [9.17, 15) is 14.4 Å². The van der Waals surface area contributed by atoms with Crippen LogP contribution in [0.3, 0.4) is 0 Å². The molecular formula is C11H10Cl2N2O5. The van der Waals surface area contributed by atoms with Crippen LogP contribution in [-0.4, -0.2) is 46.2 Å². The number of benzene rings is 1. The second-order valence-corrected chi connectivity index (χ2v) is 4.60. The molecule has 0 radical (unpaired) electrons. The van der Waals surface area contributed by atoms with Crippen LogP contribution < -0.4 is 5.32 Å². The molecule has 20 heavy (non-hydrogen) atoms. The maximum atomic E-state index is 11.8. The summed E-state index contributed by atoms with van der Waals surface area (Å²) in [5, 5.41) is 20.2. The van der Waals surface area contributed by atoms with Crippen LogP contribution >= 0.6 is 23.2 Å². The summed E-state index contributed by atoms with van der Waals surface area (Å²) in [6.07, 6.45) is 0. The zero-order valence-corrected chi connectivity index (χ0v) is 11.5. The maximum absolute atomic E-state index is 11.8. The van der Waals surface area contributed by atoms with E-state index in [0.717, 1.165) is 0 Å². The lowest BCUT2D eigenvalue weighted by atomic mass is 10.3. The van der Waals surface area contributed by atoms with Gasteiger partial charge < -0.3 is 20.4 Å². The van der Waals surface area contributed by atoms with Crippen molar-refractivity contribution in [2.75, 3.05) is 18.4 Å². The van der Waals surface area contributed by atoms with E-state index in [4.69, 9.17) is 33.4 Å². The summed E-state index contributed by atoms with van der Waals surface area (Å²) >= 11 is 11.5. The first-order valence-electron chi connectivity index (χ1n) is 5.23. The number of carboxylic acids is 2. The first-order chi connectivity index (χ1) is 9.27. The van der Waals surface area contributed by atoms with Gasteiger partial charge in [-0.25, -0.2) is 4.79 Å². The van der Waals surface area contributed by atoms with Gasteiger partial charge in [-0.2, -0.15) is 0 Å². The van der Waals surface area contributed by atoms with Crippen LogP contribution in [0.2, 0.25) is 10.0 Å². The van der Waals surface area contributed by atoms with Gasteiger partial charge >= 0.3 is 18.0 Å². The van der Waals surface area contributed by atoms with Gasteiger partial charge in [-0.3, -0.25) is 9.59 Å². The molecule has 3 N–H and O–H groups in total. The molecule has 0 saturated carbocycles. The number of hydrogen-bond donors (Lipinski definition) is 3. The number of aliphatic carboxylic acids is 2. The first kappa shape index (κ1) is 16.1. The van der Waals surface area contributed by atoms with Gasteiger partial charge in [0.05, 0.1) is 0 Å². The molecule has 1 rings (SSSR count). The number of hydrogen-bond acceptors (Lipinski definition) is 3. The van der Waals surface area contributed by atoms with E-state index in [1.54, 1.807) is 0 Å². The minimum Gasteiger partial charge on any atom is -0.480 e. The van der Waals surface area contributed by atoms with Gasteiger partial charge in [-0.15, -0.1) is 0 Å². The fourth-order valence-electron chi connectivity index (χ4n) is 1.35. The molecule has 0 heterocycles. The molecule has 9 heteroatoms. The number of halogens is 2. The Morgan fingerprint density at radius 3 is 1.85 bits per heavy atom. The minimum atomic E-state index is -1.33. The summed E-state index contributed by atoms with van der Waals surface area (Å²) in [6, 6.07) is 3.36. The summed E-state index contributed by atoms with van der Waals surface area (Å²) in [5.41, 5.74) is 0.230. The Bertz CT molecular complexity index is 513. The quantitative estimate of drug-likeness (QED) is 0.769. The van der Waals surface area contributed by atoms with Crippen LogP contribution in [0.1, 0.15) is 0 Å². The molecule has 0 unspecified atom stereocenters. The number of carbonyl (C=O) groups is 3.